The van der Waals surface area contributed by atoms with E-state index in [0.29, 0.717) is 19.8 Å². The van der Waals surface area contributed by atoms with Gasteiger partial charge in [-0.25, -0.2) is 9.18 Å². The molecule has 0 bridgehead atoms. The predicted molar refractivity (Wildman–Crippen MR) is 81.6 cm³/mol. The molecule has 3 nitrogen and oxygen atoms in total. The zero-order chi connectivity index (χ0) is 15.6. The van der Waals surface area contributed by atoms with Gasteiger partial charge in [0.25, 0.3) is 0 Å². The van der Waals surface area contributed by atoms with Crippen molar-refractivity contribution in [1.29, 1.82) is 0 Å². The van der Waals surface area contributed by atoms with E-state index in [1.165, 1.54) is 25.1 Å². The summed E-state index contributed by atoms with van der Waals surface area (Å²) in [6.07, 6.45) is 0. The van der Waals surface area contributed by atoms with E-state index in [4.69, 9.17) is 5.11 Å². The lowest BCUT2D eigenvalue weighted by molar-refractivity contribution is 0.0695. The molecule has 0 aliphatic rings. The maximum Gasteiger partial charge on any atom is 0.336 e. The Balaban J connectivity index is 2.32. The van der Waals surface area contributed by atoms with Crippen molar-refractivity contribution >= 4 is 39.4 Å². The highest BCUT2D eigenvalue weighted by atomic mass is 79.9. The van der Waals surface area contributed by atoms with Gasteiger partial charge in [-0.1, -0.05) is 17.8 Å². The molecule has 0 radical (unpaired) electrons. The summed E-state index contributed by atoms with van der Waals surface area (Å²) in [6, 6.07) is 9.01. The molecule has 0 fully saturated rings. The van der Waals surface area contributed by atoms with Crippen molar-refractivity contribution in [2.45, 2.75) is 16.7 Å². The Kier molecular flexibility index (Phi) is 4.80. The van der Waals surface area contributed by atoms with Crippen LogP contribution >= 0.6 is 27.7 Å². The Labute approximate surface area is 133 Å². The maximum atomic E-state index is 13.9. The van der Waals surface area contributed by atoms with Crippen molar-refractivity contribution in [2.24, 2.45) is 0 Å². The SMILES string of the molecule is CC(=O)c1ccc(Sc2ccc(Br)c(C(=O)O)c2)c(F)c1. The minimum Gasteiger partial charge on any atom is -0.478 e. The average Bonchev–Trinajstić information content (AvgIpc) is 2.42. The number of carbonyl (C=O) groups is 2. The summed E-state index contributed by atoms with van der Waals surface area (Å²) in [5.41, 5.74) is 0.416. The molecule has 0 atom stereocenters. The van der Waals surface area contributed by atoms with Gasteiger partial charge in [-0.15, -0.1) is 0 Å². The lowest BCUT2D eigenvalue weighted by Crippen LogP contribution is -1.97. The van der Waals surface area contributed by atoms with E-state index >= 15 is 0 Å². The van der Waals surface area contributed by atoms with Gasteiger partial charge in [0.05, 0.1) is 5.56 Å². The smallest absolute Gasteiger partial charge is 0.336 e. The fraction of sp³-hybridized carbons (Fsp3) is 0.0667. The Morgan fingerprint density at radius 1 is 1.19 bits per heavy atom. The summed E-state index contributed by atoms with van der Waals surface area (Å²) >= 11 is 4.26. The number of benzene rings is 2. The van der Waals surface area contributed by atoms with E-state index in [9.17, 15) is 14.0 Å². The number of hydrogen-bond acceptors (Lipinski definition) is 3. The molecule has 21 heavy (non-hydrogen) atoms. The maximum absolute atomic E-state index is 13.9. The summed E-state index contributed by atoms with van der Waals surface area (Å²) in [7, 11) is 0. The van der Waals surface area contributed by atoms with Gasteiger partial charge in [-0.2, -0.15) is 0 Å². The molecule has 6 heteroatoms. The Hall–Kier alpha value is -1.66. The quantitative estimate of drug-likeness (QED) is 0.798. The summed E-state index contributed by atoms with van der Waals surface area (Å²) in [4.78, 5) is 23.2. The number of Topliss-reactive ketones (excluding diaryl/α,β-unsaturated/α-hetero) is 1. The topological polar surface area (TPSA) is 54.4 Å². The molecule has 0 aromatic heterocycles. The normalized spacial score (nSPS) is 10.4. The van der Waals surface area contributed by atoms with Crippen molar-refractivity contribution in [1.82, 2.24) is 0 Å². The first kappa shape index (κ1) is 15.7. The fourth-order valence-electron chi connectivity index (χ4n) is 1.66. The Bertz CT molecular complexity index is 731. The fourth-order valence-corrected chi connectivity index (χ4v) is 2.94. The molecule has 1 N–H and O–H groups in total. The van der Waals surface area contributed by atoms with Gasteiger partial charge >= 0.3 is 5.97 Å². The van der Waals surface area contributed by atoms with Gasteiger partial charge in [-0.3, -0.25) is 4.79 Å². The average molecular weight is 369 g/mol. The van der Waals surface area contributed by atoms with E-state index < -0.39 is 11.8 Å². The highest BCUT2D eigenvalue weighted by Gasteiger charge is 2.12. The second kappa shape index (κ2) is 6.41. The van der Waals surface area contributed by atoms with Gasteiger partial charge in [-0.05, 0) is 53.2 Å². The third-order valence-corrected chi connectivity index (χ3v) is 4.47. The summed E-state index contributed by atoms with van der Waals surface area (Å²) in [5, 5.41) is 9.06. The van der Waals surface area contributed by atoms with Gasteiger partial charge in [0.1, 0.15) is 5.82 Å². The Morgan fingerprint density at radius 3 is 2.48 bits per heavy atom. The van der Waals surface area contributed by atoms with Crippen LogP contribution in [0.3, 0.4) is 0 Å². The molecule has 0 aliphatic carbocycles. The molecule has 0 unspecified atom stereocenters. The first-order chi connectivity index (χ1) is 9.88. The largest absolute Gasteiger partial charge is 0.478 e. The number of carboxylic acid groups (broad SMARTS) is 1. The third-order valence-electron chi connectivity index (χ3n) is 2.73. The number of halogens is 2. The van der Waals surface area contributed by atoms with Crippen LogP contribution in [0.1, 0.15) is 27.6 Å². The van der Waals surface area contributed by atoms with Crippen LogP contribution in [-0.2, 0) is 0 Å². The van der Waals surface area contributed by atoms with Gasteiger partial charge in [0, 0.05) is 19.8 Å². The van der Waals surface area contributed by atoms with Crippen LogP contribution in [-0.4, -0.2) is 16.9 Å². The summed E-state index contributed by atoms with van der Waals surface area (Å²) in [6.45, 7) is 1.37. The molecular formula is C15H10BrFO3S. The number of hydrogen-bond donors (Lipinski definition) is 1. The lowest BCUT2D eigenvalue weighted by Gasteiger charge is -2.06. The number of aromatic carboxylic acids is 1. The zero-order valence-corrected chi connectivity index (χ0v) is 13.3. The van der Waals surface area contributed by atoms with Crippen molar-refractivity contribution in [3.8, 4) is 0 Å². The molecule has 2 aromatic carbocycles. The van der Waals surface area contributed by atoms with Crippen LogP contribution in [0, 0.1) is 5.82 Å². The zero-order valence-electron chi connectivity index (χ0n) is 10.9. The first-order valence-electron chi connectivity index (χ1n) is 5.89. The minimum absolute atomic E-state index is 0.112. The number of ketones is 1. The van der Waals surface area contributed by atoms with E-state index in [1.807, 2.05) is 0 Å². The van der Waals surface area contributed by atoms with Crippen LogP contribution in [0.25, 0.3) is 0 Å². The lowest BCUT2D eigenvalue weighted by atomic mass is 10.1. The van der Waals surface area contributed by atoms with Crippen molar-refractivity contribution < 1.29 is 19.1 Å². The number of carboxylic acids is 1. The van der Waals surface area contributed by atoms with Crippen molar-refractivity contribution in [2.75, 3.05) is 0 Å². The molecule has 0 spiro atoms. The molecule has 0 heterocycles. The summed E-state index contributed by atoms with van der Waals surface area (Å²) in [5.74, 6) is -1.77. The van der Waals surface area contributed by atoms with E-state index in [2.05, 4.69) is 15.9 Å². The third kappa shape index (κ3) is 3.71. The van der Waals surface area contributed by atoms with Crippen LogP contribution < -0.4 is 0 Å². The predicted octanol–water partition coefficient (Wildman–Crippen LogP) is 4.64. The number of rotatable bonds is 4. The van der Waals surface area contributed by atoms with Crippen LogP contribution in [0.2, 0.25) is 0 Å². The first-order valence-corrected chi connectivity index (χ1v) is 7.50. The van der Waals surface area contributed by atoms with E-state index in [0.717, 1.165) is 11.8 Å². The molecule has 108 valence electrons. The molecule has 0 saturated carbocycles. The molecule has 0 aliphatic heterocycles. The highest BCUT2D eigenvalue weighted by Crippen LogP contribution is 2.32. The van der Waals surface area contributed by atoms with Crippen LogP contribution in [0.5, 0.6) is 0 Å². The van der Waals surface area contributed by atoms with E-state index in [-0.39, 0.29) is 11.3 Å². The molecule has 2 aromatic rings. The van der Waals surface area contributed by atoms with Crippen molar-refractivity contribution in [3.05, 3.63) is 57.8 Å². The second-order valence-corrected chi connectivity index (χ2v) is 6.22. The molecule has 0 saturated heterocycles. The van der Waals surface area contributed by atoms with Crippen LogP contribution in [0.15, 0.2) is 50.7 Å². The number of carbonyl (C=O) groups excluding carboxylic acids is 1. The monoisotopic (exact) mass is 368 g/mol. The van der Waals surface area contributed by atoms with E-state index in [1.54, 1.807) is 18.2 Å². The summed E-state index contributed by atoms with van der Waals surface area (Å²) < 4.78 is 14.4. The van der Waals surface area contributed by atoms with Crippen molar-refractivity contribution in [3.63, 3.8) is 0 Å². The van der Waals surface area contributed by atoms with Gasteiger partial charge < -0.3 is 5.11 Å². The molecule has 2 rings (SSSR count). The van der Waals surface area contributed by atoms with Crippen LogP contribution in [0.4, 0.5) is 4.39 Å². The second-order valence-electron chi connectivity index (χ2n) is 4.25. The molecule has 0 amide bonds. The van der Waals surface area contributed by atoms with Gasteiger partial charge in [0.2, 0.25) is 0 Å². The minimum atomic E-state index is -1.06. The molecular weight excluding hydrogens is 359 g/mol. The standard InChI is InChI=1S/C15H10BrFO3S/c1-8(18)9-2-5-14(13(17)6-9)21-10-3-4-12(16)11(7-10)15(19)20/h2-7H,1H3,(H,19,20). The Morgan fingerprint density at radius 2 is 1.90 bits per heavy atom. The highest BCUT2D eigenvalue weighted by molar-refractivity contribution is 9.10. The van der Waals surface area contributed by atoms with Gasteiger partial charge in [0.15, 0.2) is 5.78 Å².